The number of hydrogen-bond acceptors (Lipinski definition) is 3. The van der Waals surface area contributed by atoms with Gasteiger partial charge in [-0.05, 0) is 30.5 Å². The first-order valence-electron chi connectivity index (χ1n) is 6.77. The Hall–Kier alpha value is -1.03. The van der Waals surface area contributed by atoms with E-state index in [1.54, 1.807) is 0 Å². The van der Waals surface area contributed by atoms with Crippen LogP contribution in [0, 0.1) is 0 Å². The molecule has 4 heteroatoms. The fraction of sp³-hybridized carbons (Fsp3) is 0.467. The van der Waals surface area contributed by atoms with E-state index in [4.69, 9.17) is 16.0 Å². The van der Waals surface area contributed by atoms with Crippen molar-refractivity contribution in [3.05, 3.63) is 35.0 Å². The highest BCUT2D eigenvalue weighted by atomic mass is 35.5. The van der Waals surface area contributed by atoms with E-state index in [1.165, 1.54) is 0 Å². The lowest BCUT2D eigenvalue weighted by Crippen LogP contribution is -2.37. The number of rotatable bonds is 4. The summed E-state index contributed by atoms with van der Waals surface area (Å²) in [4.78, 5) is 0. The molecule has 19 heavy (non-hydrogen) atoms. The minimum atomic E-state index is -0.536. The first-order chi connectivity index (χ1) is 9.18. The SMILES string of the molecule is OC1(CNCc2c(Cl)oc3ccccc23)CCCC1. The van der Waals surface area contributed by atoms with Crippen LogP contribution in [0.3, 0.4) is 0 Å². The van der Waals surface area contributed by atoms with Crippen molar-refractivity contribution in [2.75, 3.05) is 6.54 Å². The molecule has 1 aromatic heterocycles. The number of furan rings is 1. The van der Waals surface area contributed by atoms with Gasteiger partial charge >= 0.3 is 0 Å². The van der Waals surface area contributed by atoms with Gasteiger partial charge in [-0.1, -0.05) is 31.0 Å². The minimum absolute atomic E-state index is 0.437. The zero-order valence-corrected chi connectivity index (χ0v) is 11.5. The first-order valence-corrected chi connectivity index (χ1v) is 7.15. The van der Waals surface area contributed by atoms with Gasteiger partial charge in [0.2, 0.25) is 0 Å². The van der Waals surface area contributed by atoms with E-state index in [0.717, 1.165) is 42.2 Å². The van der Waals surface area contributed by atoms with Gasteiger partial charge < -0.3 is 14.8 Å². The van der Waals surface area contributed by atoms with Gasteiger partial charge in [0.05, 0.1) is 5.60 Å². The van der Waals surface area contributed by atoms with Crippen LogP contribution in [0.4, 0.5) is 0 Å². The standard InChI is InChI=1S/C15H18ClNO2/c16-14-12(11-5-1-2-6-13(11)19-14)9-17-10-15(18)7-3-4-8-15/h1-2,5-6,17-18H,3-4,7-10H2. The third-order valence-corrected chi connectivity index (χ3v) is 4.24. The topological polar surface area (TPSA) is 45.4 Å². The summed E-state index contributed by atoms with van der Waals surface area (Å²) in [6.45, 7) is 1.24. The van der Waals surface area contributed by atoms with E-state index < -0.39 is 5.60 Å². The molecule has 0 atom stereocenters. The van der Waals surface area contributed by atoms with E-state index in [9.17, 15) is 5.11 Å². The molecule has 0 spiro atoms. The zero-order valence-electron chi connectivity index (χ0n) is 10.8. The van der Waals surface area contributed by atoms with E-state index in [2.05, 4.69) is 5.32 Å². The summed E-state index contributed by atoms with van der Waals surface area (Å²) >= 11 is 6.13. The van der Waals surface area contributed by atoms with Crippen LogP contribution < -0.4 is 5.32 Å². The Labute approximate surface area is 117 Å². The molecular weight excluding hydrogens is 262 g/mol. The fourth-order valence-electron chi connectivity index (χ4n) is 2.86. The molecule has 0 saturated heterocycles. The van der Waals surface area contributed by atoms with Gasteiger partial charge in [0.25, 0.3) is 0 Å². The van der Waals surface area contributed by atoms with Crippen LogP contribution in [0.25, 0.3) is 11.0 Å². The summed E-state index contributed by atoms with van der Waals surface area (Å²) in [5.74, 6) is 0. The molecule has 1 heterocycles. The lowest BCUT2D eigenvalue weighted by Gasteiger charge is -2.22. The van der Waals surface area contributed by atoms with Crippen molar-refractivity contribution in [1.82, 2.24) is 5.32 Å². The summed E-state index contributed by atoms with van der Waals surface area (Å²) in [6, 6.07) is 7.82. The van der Waals surface area contributed by atoms with Crippen LogP contribution in [0.2, 0.25) is 5.22 Å². The van der Waals surface area contributed by atoms with Crippen LogP contribution in [0.1, 0.15) is 31.2 Å². The van der Waals surface area contributed by atoms with Crippen molar-refractivity contribution in [1.29, 1.82) is 0 Å². The highest BCUT2D eigenvalue weighted by Crippen LogP contribution is 2.31. The Kier molecular flexibility index (Phi) is 3.52. The zero-order chi connectivity index (χ0) is 13.3. The molecule has 1 fully saturated rings. The molecule has 0 bridgehead atoms. The minimum Gasteiger partial charge on any atom is -0.444 e. The predicted octanol–water partition coefficient (Wildman–Crippen LogP) is 3.48. The number of halogens is 1. The molecule has 0 amide bonds. The Morgan fingerprint density at radius 2 is 2.00 bits per heavy atom. The molecule has 102 valence electrons. The second-order valence-corrected chi connectivity index (χ2v) is 5.73. The monoisotopic (exact) mass is 279 g/mol. The molecule has 1 aliphatic carbocycles. The molecule has 2 N–H and O–H groups in total. The van der Waals surface area contributed by atoms with Crippen LogP contribution >= 0.6 is 11.6 Å². The van der Waals surface area contributed by atoms with Crippen LogP contribution in [-0.4, -0.2) is 17.3 Å². The Balaban J connectivity index is 1.70. The third-order valence-electron chi connectivity index (χ3n) is 3.94. The number of fused-ring (bicyclic) bond motifs is 1. The average molecular weight is 280 g/mol. The van der Waals surface area contributed by atoms with Gasteiger partial charge in [0.15, 0.2) is 5.22 Å². The number of aliphatic hydroxyl groups is 1. The largest absolute Gasteiger partial charge is 0.444 e. The predicted molar refractivity (Wildman–Crippen MR) is 76.3 cm³/mol. The molecule has 1 aromatic carbocycles. The van der Waals surface area contributed by atoms with Crippen molar-refractivity contribution < 1.29 is 9.52 Å². The summed E-state index contributed by atoms with van der Waals surface area (Å²) in [5, 5.41) is 15.1. The van der Waals surface area contributed by atoms with Gasteiger partial charge in [-0.25, -0.2) is 0 Å². The molecule has 2 aromatic rings. The van der Waals surface area contributed by atoms with Gasteiger partial charge in [-0.2, -0.15) is 0 Å². The molecule has 1 aliphatic rings. The van der Waals surface area contributed by atoms with Crippen molar-refractivity contribution in [2.45, 2.75) is 37.8 Å². The maximum atomic E-state index is 10.3. The van der Waals surface area contributed by atoms with E-state index in [0.29, 0.717) is 18.3 Å². The maximum Gasteiger partial charge on any atom is 0.199 e. The van der Waals surface area contributed by atoms with Gasteiger partial charge in [-0.15, -0.1) is 0 Å². The van der Waals surface area contributed by atoms with Crippen LogP contribution in [-0.2, 0) is 6.54 Å². The summed E-state index contributed by atoms with van der Waals surface area (Å²) in [6.07, 6.45) is 4.01. The second kappa shape index (κ2) is 5.16. The third kappa shape index (κ3) is 2.64. The highest BCUT2D eigenvalue weighted by molar-refractivity contribution is 6.30. The number of nitrogens with one attached hydrogen (secondary N) is 1. The summed E-state index contributed by atoms with van der Waals surface area (Å²) < 4.78 is 5.51. The number of benzene rings is 1. The maximum absolute atomic E-state index is 10.3. The van der Waals surface area contributed by atoms with E-state index in [1.807, 2.05) is 24.3 Å². The van der Waals surface area contributed by atoms with E-state index in [-0.39, 0.29) is 0 Å². The molecule has 3 nitrogen and oxygen atoms in total. The molecule has 0 radical (unpaired) electrons. The van der Waals surface area contributed by atoms with Gasteiger partial charge in [0.1, 0.15) is 5.58 Å². The summed E-state index contributed by atoms with van der Waals surface area (Å²) in [7, 11) is 0. The fourth-order valence-corrected chi connectivity index (χ4v) is 3.12. The van der Waals surface area contributed by atoms with Crippen LogP contribution in [0.5, 0.6) is 0 Å². The number of hydrogen-bond donors (Lipinski definition) is 2. The van der Waals surface area contributed by atoms with Crippen molar-refractivity contribution >= 4 is 22.6 Å². The normalized spacial score (nSPS) is 18.2. The smallest absolute Gasteiger partial charge is 0.199 e. The lowest BCUT2D eigenvalue weighted by atomic mass is 10.0. The first kappa shape index (κ1) is 13.0. The Bertz CT molecular complexity index is 573. The van der Waals surface area contributed by atoms with Crippen molar-refractivity contribution in [3.63, 3.8) is 0 Å². The summed E-state index contributed by atoms with van der Waals surface area (Å²) in [5.41, 5.74) is 1.24. The van der Waals surface area contributed by atoms with Gasteiger partial charge in [-0.3, -0.25) is 0 Å². The molecular formula is C15H18ClNO2. The molecule has 3 rings (SSSR count). The van der Waals surface area contributed by atoms with E-state index >= 15 is 0 Å². The van der Waals surface area contributed by atoms with Crippen LogP contribution in [0.15, 0.2) is 28.7 Å². The quantitative estimate of drug-likeness (QED) is 0.901. The lowest BCUT2D eigenvalue weighted by molar-refractivity contribution is 0.0475. The number of para-hydroxylation sites is 1. The second-order valence-electron chi connectivity index (χ2n) is 5.39. The molecule has 0 unspecified atom stereocenters. The van der Waals surface area contributed by atoms with Crippen molar-refractivity contribution in [2.24, 2.45) is 0 Å². The molecule has 0 aliphatic heterocycles. The van der Waals surface area contributed by atoms with Crippen molar-refractivity contribution in [3.8, 4) is 0 Å². The Morgan fingerprint density at radius 1 is 1.26 bits per heavy atom. The average Bonchev–Trinajstić information content (AvgIpc) is 2.95. The van der Waals surface area contributed by atoms with Gasteiger partial charge in [0, 0.05) is 24.0 Å². The highest BCUT2D eigenvalue weighted by Gasteiger charge is 2.30. The Morgan fingerprint density at radius 3 is 2.79 bits per heavy atom. The molecule has 1 saturated carbocycles.